The van der Waals surface area contributed by atoms with Gasteiger partial charge < -0.3 is 0 Å². The quantitative estimate of drug-likeness (QED) is 0.395. The van der Waals surface area contributed by atoms with Crippen molar-refractivity contribution >= 4 is 9.87 Å². The molecule has 1 rings (SSSR count). The van der Waals surface area contributed by atoms with E-state index in [0.717, 1.165) is 35.2 Å². The summed E-state index contributed by atoms with van der Waals surface area (Å²) in [6, 6.07) is 0. The fourth-order valence-corrected chi connectivity index (χ4v) is 3.73. The Morgan fingerprint density at radius 2 is 2.30 bits per heavy atom. The van der Waals surface area contributed by atoms with E-state index in [4.69, 9.17) is 9.47 Å². The Morgan fingerprint density at radius 1 is 1.60 bits per heavy atom. The molecule has 0 aromatic rings. The van der Waals surface area contributed by atoms with Crippen molar-refractivity contribution in [1.29, 1.82) is 0 Å². The van der Waals surface area contributed by atoms with Gasteiger partial charge in [-0.2, -0.15) is 0 Å². The topological polar surface area (TPSA) is 55.8 Å². The second-order valence-electron chi connectivity index (χ2n) is 4.75. The average Bonchev–Trinajstić information content (AvgIpc) is 2.61. The molecule has 0 radical (unpaired) electrons. The molecule has 1 fully saturated rings. The second-order valence-corrected chi connectivity index (χ2v) is 6.33. The number of hydrogen-bond donors (Lipinski definition) is 1. The molecule has 112 valence electrons. The summed E-state index contributed by atoms with van der Waals surface area (Å²) in [5.41, 5.74) is 1.14. The number of esters is 1. The van der Waals surface area contributed by atoms with E-state index >= 15 is 0 Å². The molecule has 0 aromatic carbocycles. The Morgan fingerprint density at radius 3 is 2.90 bits per heavy atom. The molecule has 0 heterocycles. The fraction of sp³-hybridized carbons (Fsp3) is 0.600. The SMILES string of the molecule is C=C(/C=C1/CCCCC(C(O)C(=O)OCC)[C]1=[W])OC. The maximum absolute atomic E-state index is 11.7. The van der Waals surface area contributed by atoms with E-state index in [1.807, 2.05) is 6.08 Å². The number of rotatable bonds is 5. The van der Waals surface area contributed by atoms with Crippen LogP contribution in [-0.2, 0) is 33.6 Å². The van der Waals surface area contributed by atoms with Crippen LogP contribution < -0.4 is 0 Å². The number of ether oxygens (including phenoxy) is 2. The predicted molar refractivity (Wildman–Crippen MR) is 73.8 cm³/mol. The van der Waals surface area contributed by atoms with Crippen molar-refractivity contribution in [2.45, 2.75) is 38.7 Å². The fourth-order valence-electron chi connectivity index (χ4n) is 2.26. The van der Waals surface area contributed by atoms with Gasteiger partial charge >= 0.3 is 131 Å². The average molecular weight is 450 g/mol. The summed E-state index contributed by atoms with van der Waals surface area (Å²) in [6.07, 6.45) is 4.64. The normalized spacial score (nSPS) is 23.1. The maximum atomic E-state index is 11.7. The molecule has 20 heavy (non-hydrogen) atoms. The second kappa shape index (κ2) is 8.53. The summed E-state index contributed by atoms with van der Waals surface area (Å²) in [5, 5.41) is 10.2. The first-order valence-corrected chi connectivity index (χ1v) is 8.30. The zero-order chi connectivity index (χ0) is 15.1. The van der Waals surface area contributed by atoms with E-state index in [1.54, 1.807) is 14.0 Å². The zero-order valence-electron chi connectivity index (χ0n) is 12.1. The summed E-state index contributed by atoms with van der Waals surface area (Å²) in [4.78, 5) is 11.7. The third-order valence-electron chi connectivity index (χ3n) is 3.37. The van der Waals surface area contributed by atoms with Crippen molar-refractivity contribution in [2.24, 2.45) is 5.92 Å². The van der Waals surface area contributed by atoms with Gasteiger partial charge in [0, 0.05) is 0 Å². The first-order chi connectivity index (χ1) is 9.51. The van der Waals surface area contributed by atoms with Gasteiger partial charge in [0.15, 0.2) is 0 Å². The van der Waals surface area contributed by atoms with Crippen LogP contribution in [0.15, 0.2) is 24.0 Å². The Kier molecular flexibility index (Phi) is 7.39. The Hall–Kier alpha value is -0.732. The summed E-state index contributed by atoms with van der Waals surface area (Å²) in [5.74, 6) is -0.0736. The van der Waals surface area contributed by atoms with Crippen LogP contribution in [0.25, 0.3) is 0 Å². The van der Waals surface area contributed by atoms with Gasteiger partial charge in [0.25, 0.3) is 0 Å². The van der Waals surface area contributed by atoms with Crippen molar-refractivity contribution in [2.75, 3.05) is 13.7 Å². The number of carbonyl (C=O) groups is 1. The van der Waals surface area contributed by atoms with Crippen LogP contribution in [0, 0.1) is 5.92 Å². The van der Waals surface area contributed by atoms with Gasteiger partial charge in [-0.1, -0.05) is 0 Å². The molecule has 1 aliphatic rings. The summed E-state index contributed by atoms with van der Waals surface area (Å²) in [7, 11) is 1.59. The van der Waals surface area contributed by atoms with Gasteiger partial charge in [0.05, 0.1) is 0 Å². The third-order valence-corrected chi connectivity index (χ3v) is 5.40. The van der Waals surface area contributed by atoms with Gasteiger partial charge in [0.1, 0.15) is 0 Å². The third kappa shape index (κ3) is 4.67. The van der Waals surface area contributed by atoms with Gasteiger partial charge in [-0.25, -0.2) is 0 Å². The number of aliphatic hydroxyl groups is 1. The van der Waals surface area contributed by atoms with Gasteiger partial charge in [0.2, 0.25) is 0 Å². The van der Waals surface area contributed by atoms with Crippen LogP contribution in [0.2, 0.25) is 0 Å². The van der Waals surface area contributed by atoms with Crippen molar-refractivity contribution in [1.82, 2.24) is 0 Å². The van der Waals surface area contributed by atoms with Crippen LogP contribution in [0.5, 0.6) is 0 Å². The van der Waals surface area contributed by atoms with Gasteiger partial charge in [-0.15, -0.1) is 0 Å². The van der Waals surface area contributed by atoms with Crippen LogP contribution in [0.4, 0.5) is 0 Å². The molecule has 1 N–H and O–H groups in total. The van der Waals surface area contributed by atoms with Gasteiger partial charge in [-0.05, 0) is 0 Å². The van der Waals surface area contributed by atoms with Crippen molar-refractivity contribution in [3.05, 3.63) is 24.0 Å². The number of carbonyl (C=O) groups excluding carboxylic acids is 1. The molecular formula is C15H22O4W. The minimum absolute atomic E-state index is 0.151. The van der Waals surface area contributed by atoms with Crippen molar-refractivity contribution in [3.8, 4) is 0 Å². The molecule has 4 nitrogen and oxygen atoms in total. The first kappa shape index (κ1) is 17.3. The standard InChI is InChI=1S/C15H22O4.W/c1-4-19-15(17)14(16)13-8-6-5-7-12(10-13)9-11(2)18-3;/h9,13-14,16H,2,4-8H2,1,3H3;/b12-9-;. The Bertz CT molecular complexity index is 414. The van der Waals surface area contributed by atoms with Crippen molar-refractivity contribution in [3.63, 3.8) is 0 Å². The molecule has 0 aromatic heterocycles. The van der Waals surface area contributed by atoms with E-state index in [-0.39, 0.29) is 12.5 Å². The number of aliphatic hydroxyl groups excluding tert-OH is 1. The number of methoxy groups -OCH3 is 1. The molecule has 0 spiro atoms. The van der Waals surface area contributed by atoms with Crippen LogP contribution in [0.3, 0.4) is 0 Å². The predicted octanol–water partition coefficient (Wildman–Crippen LogP) is 1.91. The monoisotopic (exact) mass is 450 g/mol. The van der Waals surface area contributed by atoms with Crippen LogP contribution in [-0.4, -0.2) is 34.8 Å². The van der Waals surface area contributed by atoms with E-state index < -0.39 is 12.1 Å². The number of hydrogen-bond acceptors (Lipinski definition) is 4. The Labute approximate surface area is 131 Å². The molecule has 0 amide bonds. The van der Waals surface area contributed by atoms with E-state index in [1.165, 1.54) is 19.4 Å². The molecule has 0 bridgehead atoms. The van der Waals surface area contributed by atoms with E-state index in [2.05, 4.69) is 6.58 Å². The Balaban J connectivity index is 2.90. The van der Waals surface area contributed by atoms with Crippen molar-refractivity contribution < 1.29 is 38.7 Å². The summed E-state index contributed by atoms with van der Waals surface area (Å²) in [6.45, 7) is 5.84. The minimum atomic E-state index is -1.07. The molecule has 2 atom stereocenters. The summed E-state index contributed by atoms with van der Waals surface area (Å²) < 4.78 is 11.1. The molecular weight excluding hydrogens is 428 g/mol. The van der Waals surface area contributed by atoms with E-state index in [9.17, 15) is 9.90 Å². The zero-order valence-corrected chi connectivity index (χ0v) is 15.0. The molecule has 1 aliphatic carbocycles. The molecule has 2 unspecified atom stereocenters. The first-order valence-electron chi connectivity index (χ1n) is 6.83. The number of allylic oxidation sites excluding steroid dienone is 2. The van der Waals surface area contributed by atoms with Crippen LogP contribution >= 0.6 is 0 Å². The van der Waals surface area contributed by atoms with E-state index in [0.29, 0.717) is 5.76 Å². The summed E-state index contributed by atoms with van der Waals surface area (Å²) >= 11 is 1.27. The molecule has 1 saturated carbocycles. The molecule has 0 aliphatic heterocycles. The molecule has 0 saturated heterocycles. The molecule has 5 heteroatoms. The van der Waals surface area contributed by atoms with Crippen LogP contribution in [0.1, 0.15) is 32.6 Å². The van der Waals surface area contributed by atoms with Gasteiger partial charge in [-0.3, -0.25) is 0 Å².